The van der Waals surface area contributed by atoms with Gasteiger partial charge in [0.05, 0.1) is 36.3 Å². The van der Waals surface area contributed by atoms with E-state index in [0.717, 1.165) is 17.8 Å². The van der Waals surface area contributed by atoms with Gasteiger partial charge in [0.1, 0.15) is 35.7 Å². The van der Waals surface area contributed by atoms with Crippen molar-refractivity contribution in [2.45, 2.75) is 61.9 Å². The molecule has 1 saturated carbocycles. The number of hydrogen-bond acceptors (Lipinski definition) is 9. The van der Waals surface area contributed by atoms with E-state index in [9.17, 15) is 27.8 Å². The highest BCUT2D eigenvalue weighted by Crippen LogP contribution is 2.47. The summed E-state index contributed by atoms with van der Waals surface area (Å²) in [6.07, 6.45) is -2.12. The van der Waals surface area contributed by atoms with Gasteiger partial charge in [-0.15, -0.1) is 11.3 Å². The maximum Gasteiger partial charge on any atom is 0.319 e. The number of aliphatic hydroxyl groups is 1. The van der Waals surface area contributed by atoms with E-state index in [4.69, 9.17) is 10.5 Å². The molecule has 2 aromatic heterocycles. The number of halogens is 6. The highest BCUT2D eigenvalue weighted by molar-refractivity contribution is 14.1. The van der Waals surface area contributed by atoms with Crippen LogP contribution in [0.5, 0.6) is 11.8 Å². The van der Waals surface area contributed by atoms with Gasteiger partial charge in [-0.05, 0) is 59.7 Å². The Balaban J connectivity index is 1.38. The second-order valence-electron chi connectivity index (χ2n) is 11.9. The fourth-order valence-electron chi connectivity index (χ4n) is 6.96. The summed E-state index contributed by atoms with van der Waals surface area (Å²) in [5, 5.41) is 25.0. The van der Waals surface area contributed by atoms with Crippen LogP contribution in [0.15, 0.2) is 18.2 Å². The number of hydrogen-bond donors (Lipinski definition) is 4. The van der Waals surface area contributed by atoms with Gasteiger partial charge in [0.2, 0.25) is 0 Å². The summed E-state index contributed by atoms with van der Waals surface area (Å²) in [5.74, 6) is -5.21. The Morgan fingerprint density at radius 2 is 2.00 bits per heavy atom. The number of aliphatic hydroxyl groups excluding tert-OH is 1. The number of aromatic hydroxyl groups is 1. The molecule has 5 N–H and O–H groups in total. The first-order valence-corrected chi connectivity index (χ1v) is 16.0. The van der Waals surface area contributed by atoms with E-state index in [0.29, 0.717) is 23.4 Å². The maximum atomic E-state index is 16.7. The molecule has 234 valence electrons. The Bertz CT molecular complexity index is 1810. The number of ether oxygens (including phenoxy) is 1. The van der Waals surface area contributed by atoms with Crippen LogP contribution in [0.1, 0.15) is 32.1 Å². The molecule has 4 atom stereocenters. The van der Waals surface area contributed by atoms with Crippen molar-refractivity contribution in [1.29, 1.82) is 0 Å². The zero-order valence-corrected chi connectivity index (χ0v) is 26.0. The summed E-state index contributed by atoms with van der Waals surface area (Å²) in [4.78, 5) is 10.7. The molecule has 1 aliphatic carbocycles. The molecule has 4 heterocycles. The number of nitrogens with zero attached hydrogens (tertiary/aromatic N) is 3. The Kier molecular flexibility index (Phi) is 7.25. The minimum absolute atomic E-state index is 0.0140. The first-order chi connectivity index (χ1) is 20.9. The quantitative estimate of drug-likeness (QED) is 0.136. The second kappa shape index (κ2) is 10.7. The van der Waals surface area contributed by atoms with E-state index in [2.05, 4.69) is 15.3 Å². The van der Waals surface area contributed by atoms with Crippen LogP contribution in [0.2, 0.25) is 0 Å². The zero-order valence-electron chi connectivity index (χ0n) is 23.0. The minimum atomic E-state index is -3.14. The molecular formula is C29H27F5IN5O3S. The number of nitrogens with one attached hydrogen (secondary N) is 1. The number of phenols is 1. The van der Waals surface area contributed by atoms with Crippen LogP contribution < -0.4 is 15.8 Å². The molecule has 0 spiro atoms. The number of anilines is 2. The van der Waals surface area contributed by atoms with Gasteiger partial charge in [0.15, 0.2) is 5.82 Å². The minimum Gasteiger partial charge on any atom is -0.506 e. The van der Waals surface area contributed by atoms with Crippen molar-refractivity contribution in [2.75, 3.05) is 30.7 Å². The van der Waals surface area contributed by atoms with Crippen LogP contribution in [0.4, 0.5) is 32.8 Å². The Labute approximate surface area is 265 Å². The van der Waals surface area contributed by atoms with Gasteiger partial charge >= 0.3 is 6.01 Å². The van der Waals surface area contributed by atoms with Crippen LogP contribution in [-0.4, -0.2) is 74.6 Å². The molecule has 7 rings (SSSR count). The van der Waals surface area contributed by atoms with Gasteiger partial charge in [-0.1, -0.05) is 6.07 Å². The van der Waals surface area contributed by atoms with Crippen LogP contribution in [0.3, 0.4) is 0 Å². The highest BCUT2D eigenvalue weighted by atomic mass is 127. The Hall–Kier alpha value is -2.76. The highest BCUT2D eigenvalue weighted by Gasteiger charge is 2.50. The molecule has 3 aliphatic rings. The first-order valence-electron chi connectivity index (χ1n) is 14.1. The molecule has 3 fully saturated rings. The maximum absolute atomic E-state index is 16.7. The molecule has 2 aromatic carbocycles. The van der Waals surface area contributed by atoms with Gasteiger partial charge in [-0.25, -0.2) is 22.0 Å². The van der Waals surface area contributed by atoms with Crippen LogP contribution in [0.25, 0.3) is 32.1 Å². The normalized spacial score (nSPS) is 26.6. The third-order valence-corrected chi connectivity index (χ3v) is 11.0. The summed E-state index contributed by atoms with van der Waals surface area (Å²) in [6, 6.07) is 2.61. The van der Waals surface area contributed by atoms with E-state index < -0.39 is 60.0 Å². The average molecular weight is 748 g/mol. The topological polar surface area (TPSA) is 117 Å². The standard InChI is InChI=1S/C29H27F5IN5O3S/c30-12-7-28(4-1-5-40(28)10-12)11-43-27-38-23-20(26(39-27)37-16-8-29(33,34)9-17(16)41)24(42)22(35)19(21(23)32)13-2-3-15(31)25-14(13)6-18(36)44-25/h2-3,6,12,16-17,41-42H,1,4-5,7-11,36H2,(H,37,38,39)/t12-,16?,17?,28+/m1/s1. The van der Waals surface area contributed by atoms with Gasteiger partial charge in [0, 0.05) is 36.8 Å². The summed E-state index contributed by atoms with van der Waals surface area (Å²) < 4.78 is 80.2. The molecule has 8 nitrogen and oxygen atoms in total. The van der Waals surface area contributed by atoms with E-state index in [-0.39, 0.29) is 61.7 Å². The molecule has 2 unspecified atom stereocenters. The van der Waals surface area contributed by atoms with Crippen molar-refractivity contribution < 1.29 is 36.9 Å². The number of alkyl halides is 3. The Morgan fingerprint density at radius 3 is 2.75 bits per heavy atom. The molecule has 0 radical (unpaired) electrons. The number of fused-ring (bicyclic) bond motifs is 3. The summed E-state index contributed by atoms with van der Waals surface area (Å²) in [5.41, 5.74) is 5.18. The number of rotatable bonds is 6. The summed E-state index contributed by atoms with van der Waals surface area (Å²) in [6.45, 7) is 1.01. The van der Waals surface area contributed by atoms with Crippen molar-refractivity contribution in [3.63, 3.8) is 0 Å². The lowest BCUT2D eigenvalue weighted by Crippen LogP contribution is -2.43. The van der Waals surface area contributed by atoms with Crippen LogP contribution >= 0.6 is 33.9 Å². The lowest BCUT2D eigenvalue weighted by Gasteiger charge is -2.31. The van der Waals surface area contributed by atoms with E-state index in [1.54, 1.807) is 22.6 Å². The lowest BCUT2D eigenvalue weighted by molar-refractivity contribution is -0.00352. The average Bonchev–Trinajstić information content (AvgIpc) is 3.68. The number of nitrogens with two attached hydrogens (primary N) is 1. The molecule has 0 bridgehead atoms. The smallest absolute Gasteiger partial charge is 0.319 e. The molecule has 2 aliphatic heterocycles. The van der Waals surface area contributed by atoms with E-state index in [1.807, 2.05) is 4.90 Å². The number of nitrogen functional groups attached to an aromatic ring is 1. The Morgan fingerprint density at radius 1 is 1.20 bits per heavy atom. The predicted octanol–water partition coefficient (Wildman–Crippen LogP) is 6.21. The fraction of sp³-hybridized carbons (Fsp3) is 0.448. The third kappa shape index (κ3) is 4.90. The molecule has 15 heteroatoms. The second-order valence-corrected chi connectivity index (χ2v) is 14.0. The number of phenolic OH excluding ortho intramolecular Hbond substituents is 1. The summed E-state index contributed by atoms with van der Waals surface area (Å²) >= 11 is 2.75. The van der Waals surface area contributed by atoms with Gasteiger partial charge in [0.25, 0.3) is 5.92 Å². The van der Waals surface area contributed by atoms with Crippen molar-refractivity contribution in [3.8, 4) is 22.9 Å². The van der Waals surface area contributed by atoms with E-state index in [1.165, 1.54) is 18.2 Å². The van der Waals surface area contributed by atoms with E-state index >= 15 is 4.39 Å². The third-order valence-electron chi connectivity index (χ3n) is 8.95. The number of aromatic nitrogens is 2. The summed E-state index contributed by atoms with van der Waals surface area (Å²) in [7, 11) is 0. The molecule has 0 amide bonds. The van der Waals surface area contributed by atoms with Crippen molar-refractivity contribution in [3.05, 3.63) is 33.4 Å². The fourth-order valence-corrected chi connectivity index (χ4v) is 8.61. The lowest BCUT2D eigenvalue weighted by atomic mass is 9.95. The van der Waals surface area contributed by atoms with Gasteiger partial charge < -0.3 is 26.0 Å². The molecular weight excluding hydrogens is 720 g/mol. The predicted molar refractivity (Wildman–Crippen MR) is 165 cm³/mol. The van der Waals surface area contributed by atoms with Crippen LogP contribution in [-0.2, 0) is 0 Å². The largest absolute Gasteiger partial charge is 0.506 e. The number of benzene rings is 2. The van der Waals surface area contributed by atoms with Gasteiger partial charge in [-0.2, -0.15) is 9.97 Å². The van der Waals surface area contributed by atoms with Crippen molar-refractivity contribution in [1.82, 2.24) is 14.9 Å². The van der Waals surface area contributed by atoms with Crippen LogP contribution in [0, 0.1) is 15.2 Å². The van der Waals surface area contributed by atoms with Gasteiger partial charge in [-0.3, -0.25) is 4.90 Å². The first kappa shape index (κ1) is 29.9. The molecule has 2 saturated heterocycles. The zero-order chi connectivity index (χ0) is 31.1. The SMILES string of the molecule is Nc1cc2c(-c3c(I)c(O)c4c(NC5CC(F)(F)CC5O)nc(OC[C@@]56CCCN5C[C@H](F)C6)nc4c3F)ccc(F)c2s1. The van der Waals surface area contributed by atoms with Crippen molar-refractivity contribution in [2.24, 2.45) is 0 Å². The number of thiophene rings is 1. The van der Waals surface area contributed by atoms with Crippen molar-refractivity contribution >= 4 is 65.7 Å². The monoisotopic (exact) mass is 747 g/mol. The molecule has 44 heavy (non-hydrogen) atoms. The molecule has 4 aromatic rings.